The van der Waals surface area contributed by atoms with E-state index in [-0.39, 0.29) is 36.7 Å². The lowest BCUT2D eigenvalue weighted by Crippen LogP contribution is -2.17. The molecule has 0 saturated carbocycles. The van der Waals surface area contributed by atoms with E-state index in [4.69, 9.17) is 9.47 Å². The summed E-state index contributed by atoms with van der Waals surface area (Å²) in [7, 11) is -3.54. The van der Waals surface area contributed by atoms with Crippen LogP contribution in [0.15, 0.2) is 51.9 Å². The first kappa shape index (κ1) is 22.4. The van der Waals surface area contributed by atoms with Crippen LogP contribution in [0.2, 0.25) is 0 Å². The van der Waals surface area contributed by atoms with Gasteiger partial charge in [0.2, 0.25) is 15.9 Å². The van der Waals surface area contributed by atoms with Crippen LogP contribution < -0.4 is 14.2 Å². The van der Waals surface area contributed by atoms with Gasteiger partial charge in [-0.25, -0.2) is 28.4 Å². The fraction of sp³-hybridized carbons (Fsp3) is 0.222. The molecule has 0 atom stereocenters. The number of ether oxygens (including phenoxy) is 2. The van der Waals surface area contributed by atoms with Crippen LogP contribution in [0.4, 0.5) is 5.82 Å². The largest absolute Gasteiger partial charge is 0.473 e. The molecule has 0 saturated heterocycles. The van der Waals surface area contributed by atoms with Gasteiger partial charge >= 0.3 is 6.01 Å². The van der Waals surface area contributed by atoms with E-state index in [1.807, 2.05) is 24.3 Å². The maximum atomic E-state index is 12.1. The Balaban J connectivity index is 1.81. The van der Waals surface area contributed by atoms with Gasteiger partial charge in [-0.3, -0.25) is 4.72 Å². The number of aromatic nitrogens is 4. The Morgan fingerprint density at radius 1 is 0.933 bits per heavy atom. The van der Waals surface area contributed by atoms with E-state index in [2.05, 4.69) is 56.5 Å². The number of anilines is 1. The third-order valence-electron chi connectivity index (χ3n) is 3.73. The Hall–Kier alpha value is -2.31. The SMILES string of the molecule is CCS(=O)(=O)Nc1ncnc(OCCOc2ncc(Br)cn2)c1-c1ccc(Br)cc1. The summed E-state index contributed by atoms with van der Waals surface area (Å²) in [6.07, 6.45) is 4.39. The average molecular weight is 559 g/mol. The summed E-state index contributed by atoms with van der Waals surface area (Å²) in [5.74, 6) is 0.274. The summed E-state index contributed by atoms with van der Waals surface area (Å²) in [4.78, 5) is 16.3. The van der Waals surface area contributed by atoms with Crippen LogP contribution in [0.5, 0.6) is 11.9 Å². The monoisotopic (exact) mass is 557 g/mol. The summed E-state index contributed by atoms with van der Waals surface area (Å²) in [5, 5.41) is 0. The third-order valence-corrected chi connectivity index (χ3v) is 5.93. The van der Waals surface area contributed by atoms with Crippen LogP contribution in [0, 0.1) is 0 Å². The fourth-order valence-corrected chi connectivity index (χ4v) is 3.36. The van der Waals surface area contributed by atoms with E-state index in [1.165, 1.54) is 6.33 Å². The van der Waals surface area contributed by atoms with Crippen LogP contribution in [-0.4, -0.2) is 47.3 Å². The minimum atomic E-state index is -3.54. The molecule has 1 N–H and O–H groups in total. The number of nitrogens with one attached hydrogen (secondary N) is 1. The molecule has 0 bridgehead atoms. The van der Waals surface area contributed by atoms with Gasteiger partial charge in [0.15, 0.2) is 5.82 Å². The predicted molar refractivity (Wildman–Crippen MR) is 119 cm³/mol. The summed E-state index contributed by atoms with van der Waals surface area (Å²) in [5.41, 5.74) is 1.13. The van der Waals surface area contributed by atoms with Crippen LogP contribution in [-0.2, 0) is 10.0 Å². The zero-order chi connectivity index (χ0) is 21.6. The predicted octanol–water partition coefficient (Wildman–Crippen LogP) is 3.68. The maximum Gasteiger partial charge on any atom is 0.316 e. The van der Waals surface area contributed by atoms with Crippen molar-refractivity contribution in [1.82, 2.24) is 19.9 Å². The molecule has 30 heavy (non-hydrogen) atoms. The van der Waals surface area contributed by atoms with Gasteiger partial charge in [-0.2, -0.15) is 0 Å². The highest BCUT2D eigenvalue weighted by Gasteiger charge is 2.19. The van der Waals surface area contributed by atoms with Crippen molar-refractivity contribution >= 4 is 47.7 Å². The summed E-state index contributed by atoms with van der Waals surface area (Å²) >= 11 is 6.64. The Kier molecular flexibility index (Phi) is 7.56. The van der Waals surface area contributed by atoms with E-state index in [0.29, 0.717) is 11.1 Å². The molecular weight excluding hydrogens is 542 g/mol. The standard InChI is InChI=1S/C18H17Br2N5O4S/c1-2-30(26,27)25-16-15(12-3-5-13(19)6-4-12)17(24-11-23-16)28-7-8-29-18-21-9-14(20)10-22-18/h3-6,9-11H,2,7-8H2,1H3,(H,23,24,25). The minimum Gasteiger partial charge on any atom is -0.473 e. The van der Waals surface area contributed by atoms with E-state index >= 15 is 0 Å². The molecule has 2 heterocycles. The molecule has 9 nitrogen and oxygen atoms in total. The van der Waals surface area contributed by atoms with Crippen molar-refractivity contribution in [3.05, 3.63) is 51.9 Å². The molecular formula is C18H17Br2N5O4S. The van der Waals surface area contributed by atoms with Crippen LogP contribution >= 0.6 is 31.9 Å². The lowest BCUT2D eigenvalue weighted by molar-refractivity contribution is 0.202. The van der Waals surface area contributed by atoms with Crippen LogP contribution in [0.1, 0.15) is 6.92 Å². The molecule has 0 aliphatic rings. The number of rotatable bonds is 9. The third kappa shape index (κ3) is 6.09. The topological polar surface area (TPSA) is 116 Å². The number of hydrogen-bond donors (Lipinski definition) is 1. The van der Waals surface area contributed by atoms with Crippen molar-refractivity contribution in [3.8, 4) is 23.0 Å². The van der Waals surface area contributed by atoms with Gasteiger partial charge in [0.05, 0.1) is 15.8 Å². The van der Waals surface area contributed by atoms with Crippen LogP contribution in [0.3, 0.4) is 0 Å². The van der Waals surface area contributed by atoms with Crippen molar-refractivity contribution in [1.29, 1.82) is 0 Å². The van der Waals surface area contributed by atoms with Crippen molar-refractivity contribution in [2.24, 2.45) is 0 Å². The lowest BCUT2D eigenvalue weighted by atomic mass is 10.1. The van der Waals surface area contributed by atoms with Crippen LogP contribution in [0.25, 0.3) is 11.1 Å². The summed E-state index contributed by atoms with van der Waals surface area (Å²) in [6, 6.07) is 7.50. The molecule has 1 aromatic carbocycles. The first-order chi connectivity index (χ1) is 14.4. The molecule has 3 rings (SSSR count). The lowest BCUT2D eigenvalue weighted by Gasteiger charge is -2.15. The zero-order valence-corrected chi connectivity index (χ0v) is 19.7. The number of benzene rings is 1. The Bertz CT molecular complexity index is 1100. The smallest absolute Gasteiger partial charge is 0.316 e. The molecule has 0 aliphatic heterocycles. The van der Waals surface area contributed by atoms with Crippen molar-refractivity contribution in [2.75, 3.05) is 23.7 Å². The van der Waals surface area contributed by atoms with Crippen molar-refractivity contribution in [2.45, 2.75) is 6.92 Å². The molecule has 0 spiro atoms. The van der Waals surface area contributed by atoms with Gasteiger partial charge < -0.3 is 9.47 Å². The van der Waals surface area contributed by atoms with E-state index in [0.717, 1.165) is 8.95 Å². The van der Waals surface area contributed by atoms with Gasteiger partial charge in [0.1, 0.15) is 19.5 Å². The van der Waals surface area contributed by atoms with E-state index in [9.17, 15) is 8.42 Å². The first-order valence-corrected chi connectivity index (χ1v) is 12.0. The van der Waals surface area contributed by atoms with Crippen molar-refractivity contribution in [3.63, 3.8) is 0 Å². The molecule has 0 amide bonds. The molecule has 158 valence electrons. The number of nitrogens with zero attached hydrogens (tertiary/aromatic N) is 4. The Morgan fingerprint density at radius 3 is 2.27 bits per heavy atom. The Morgan fingerprint density at radius 2 is 1.60 bits per heavy atom. The average Bonchev–Trinajstić information content (AvgIpc) is 2.73. The molecule has 0 unspecified atom stereocenters. The minimum absolute atomic E-state index is 0.0893. The molecule has 0 aliphatic carbocycles. The van der Waals surface area contributed by atoms with E-state index < -0.39 is 10.0 Å². The van der Waals surface area contributed by atoms with Crippen molar-refractivity contribution < 1.29 is 17.9 Å². The van der Waals surface area contributed by atoms with Gasteiger partial charge in [-0.1, -0.05) is 28.1 Å². The normalized spacial score (nSPS) is 11.2. The highest BCUT2D eigenvalue weighted by Crippen LogP contribution is 2.35. The van der Waals surface area contributed by atoms with Gasteiger partial charge in [0, 0.05) is 16.9 Å². The number of sulfonamides is 1. The van der Waals surface area contributed by atoms with Gasteiger partial charge in [-0.05, 0) is 40.5 Å². The second-order valence-electron chi connectivity index (χ2n) is 5.80. The quantitative estimate of drug-likeness (QED) is 0.395. The first-order valence-electron chi connectivity index (χ1n) is 8.72. The molecule has 0 radical (unpaired) electrons. The van der Waals surface area contributed by atoms with Gasteiger partial charge in [-0.15, -0.1) is 0 Å². The second kappa shape index (κ2) is 10.1. The van der Waals surface area contributed by atoms with Gasteiger partial charge in [0.25, 0.3) is 0 Å². The number of halogens is 2. The second-order valence-corrected chi connectivity index (χ2v) is 9.64. The summed E-state index contributed by atoms with van der Waals surface area (Å²) < 4.78 is 39.5. The molecule has 0 fully saturated rings. The van der Waals surface area contributed by atoms with E-state index in [1.54, 1.807) is 19.3 Å². The fourth-order valence-electron chi connectivity index (χ4n) is 2.30. The zero-order valence-electron chi connectivity index (χ0n) is 15.7. The Labute approximate surface area is 190 Å². The summed E-state index contributed by atoms with van der Waals surface area (Å²) in [6.45, 7) is 1.85. The highest BCUT2D eigenvalue weighted by atomic mass is 79.9. The molecule has 3 aromatic rings. The number of hydrogen-bond acceptors (Lipinski definition) is 8. The molecule has 2 aromatic heterocycles. The molecule has 12 heteroatoms. The maximum absolute atomic E-state index is 12.1. The highest BCUT2D eigenvalue weighted by molar-refractivity contribution is 9.10.